The molecular formula is C39H45N3O4S2. The summed E-state index contributed by atoms with van der Waals surface area (Å²) in [6.07, 6.45) is 7.31. The van der Waals surface area contributed by atoms with Gasteiger partial charge in [-0.1, -0.05) is 91.6 Å². The van der Waals surface area contributed by atoms with Gasteiger partial charge in [-0.25, -0.2) is 8.42 Å². The molecule has 1 atom stereocenters. The monoisotopic (exact) mass is 683 g/mol. The zero-order chi connectivity index (χ0) is 34.1. The van der Waals surface area contributed by atoms with Crippen LogP contribution in [0, 0.1) is 13.8 Å². The Morgan fingerprint density at radius 1 is 0.833 bits per heavy atom. The van der Waals surface area contributed by atoms with Gasteiger partial charge < -0.3 is 10.2 Å². The molecule has 0 saturated heterocycles. The van der Waals surface area contributed by atoms with Crippen molar-refractivity contribution >= 4 is 39.3 Å². The number of hydrogen-bond donors (Lipinski definition) is 1. The fourth-order valence-electron chi connectivity index (χ4n) is 6.18. The Balaban J connectivity index is 1.56. The minimum absolute atomic E-state index is 0.0497. The van der Waals surface area contributed by atoms with E-state index in [4.69, 9.17) is 0 Å². The maximum Gasteiger partial charge on any atom is 0.264 e. The molecule has 1 aliphatic rings. The van der Waals surface area contributed by atoms with Crippen LogP contribution >= 0.6 is 11.8 Å². The fraction of sp³-hybridized carbons (Fsp3) is 0.333. The van der Waals surface area contributed by atoms with Gasteiger partial charge in [0.1, 0.15) is 12.6 Å². The van der Waals surface area contributed by atoms with E-state index >= 15 is 0 Å². The molecule has 1 fully saturated rings. The lowest BCUT2D eigenvalue weighted by Crippen LogP contribution is -2.55. The number of carbonyl (C=O) groups excluding carboxylic acids is 2. The summed E-state index contributed by atoms with van der Waals surface area (Å²) in [7, 11) is -4.15. The molecule has 5 rings (SSSR count). The summed E-state index contributed by atoms with van der Waals surface area (Å²) in [6.45, 7) is 3.60. The van der Waals surface area contributed by atoms with Crippen molar-refractivity contribution in [1.29, 1.82) is 0 Å². The highest BCUT2D eigenvalue weighted by molar-refractivity contribution is 7.98. The number of hydrogen-bond acceptors (Lipinski definition) is 5. The van der Waals surface area contributed by atoms with Gasteiger partial charge in [0.2, 0.25) is 11.8 Å². The van der Waals surface area contributed by atoms with Crippen LogP contribution in [0.2, 0.25) is 0 Å². The number of carbonyl (C=O) groups is 2. The lowest BCUT2D eigenvalue weighted by Gasteiger charge is -2.35. The van der Waals surface area contributed by atoms with Crippen LogP contribution in [0.1, 0.15) is 54.4 Å². The van der Waals surface area contributed by atoms with Crippen molar-refractivity contribution in [1.82, 2.24) is 10.2 Å². The summed E-state index contributed by atoms with van der Waals surface area (Å²) in [5.41, 5.74) is 4.14. The van der Waals surface area contributed by atoms with Crippen LogP contribution in [0.15, 0.2) is 113 Å². The lowest BCUT2D eigenvalue weighted by atomic mass is 9.94. The molecule has 0 aromatic heterocycles. The summed E-state index contributed by atoms with van der Waals surface area (Å²) < 4.78 is 29.8. The Bertz CT molecular complexity index is 1770. The van der Waals surface area contributed by atoms with Gasteiger partial charge in [-0.15, -0.1) is 11.8 Å². The standard InChI is InChI=1S/C39H45N3O4S2/c1-29-18-20-34(21-19-29)42(48(45,46)36-24-22-35(47-3)23-25-36)28-38(43)41(27-32-15-11-10-12-30(32)2)37(26-31-13-6-4-7-14-31)39(44)40-33-16-8-5-9-17-33/h4,6-7,10-15,18-25,33,37H,5,8-9,16-17,26-28H2,1-3H3,(H,40,44)/t37-/m0/s1. The number of anilines is 1. The third-order valence-electron chi connectivity index (χ3n) is 9.07. The number of aryl methyl sites for hydroxylation is 2. The topological polar surface area (TPSA) is 86.8 Å². The minimum Gasteiger partial charge on any atom is -0.352 e. The van der Waals surface area contributed by atoms with Crippen molar-refractivity contribution in [2.75, 3.05) is 17.1 Å². The van der Waals surface area contributed by atoms with E-state index < -0.39 is 28.5 Å². The molecule has 0 radical (unpaired) electrons. The largest absolute Gasteiger partial charge is 0.352 e. The van der Waals surface area contributed by atoms with Crippen LogP contribution in [-0.2, 0) is 32.6 Å². The maximum absolute atomic E-state index is 14.8. The highest BCUT2D eigenvalue weighted by atomic mass is 32.2. The van der Waals surface area contributed by atoms with Crippen LogP contribution in [0.5, 0.6) is 0 Å². The summed E-state index contributed by atoms with van der Waals surface area (Å²) >= 11 is 1.52. The van der Waals surface area contributed by atoms with Gasteiger partial charge in [-0.3, -0.25) is 13.9 Å². The Morgan fingerprint density at radius 2 is 1.48 bits per heavy atom. The number of nitrogens with one attached hydrogen (secondary N) is 1. The van der Waals surface area contributed by atoms with E-state index in [9.17, 15) is 18.0 Å². The Hall–Kier alpha value is -4.08. The Labute approximate surface area is 289 Å². The van der Waals surface area contributed by atoms with Gasteiger partial charge in [0.05, 0.1) is 10.6 Å². The van der Waals surface area contributed by atoms with E-state index in [2.05, 4.69) is 5.32 Å². The molecule has 0 aliphatic heterocycles. The molecule has 1 aliphatic carbocycles. The molecule has 1 N–H and O–H groups in total. The highest BCUT2D eigenvalue weighted by Gasteiger charge is 2.35. The maximum atomic E-state index is 14.8. The van der Waals surface area contributed by atoms with Crippen LogP contribution in [-0.4, -0.2) is 50.0 Å². The second-order valence-corrected chi connectivity index (χ2v) is 15.3. The molecule has 0 spiro atoms. The van der Waals surface area contributed by atoms with Gasteiger partial charge in [0, 0.05) is 23.9 Å². The lowest BCUT2D eigenvalue weighted by molar-refractivity contribution is -0.140. The predicted molar refractivity (Wildman–Crippen MR) is 195 cm³/mol. The first kappa shape index (κ1) is 35.2. The summed E-state index contributed by atoms with van der Waals surface area (Å²) in [5.74, 6) is -0.673. The van der Waals surface area contributed by atoms with E-state index in [0.29, 0.717) is 12.1 Å². The first-order chi connectivity index (χ1) is 23.2. The van der Waals surface area contributed by atoms with Crippen molar-refractivity contribution in [2.45, 2.75) is 80.8 Å². The van der Waals surface area contributed by atoms with Crippen molar-refractivity contribution in [3.8, 4) is 0 Å². The average molecular weight is 684 g/mol. The zero-order valence-corrected chi connectivity index (χ0v) is 29.6. The number of thioether (sulfide) groups is 1. The average Bonchev–Trinajstić information content (AvgIpc) is 3.10. The quantitative estimate of drug-likeness (QED) is 0.150. The molecule has 2 amide bonds. The molecule has 0 unspecified atom stereocenters. The van der Waals surface area contributed by atoms with Crippen molar-refractivity contribution in [2.24, 2.45) is 0 Å². The molecule has 4 aromatic carbocycles. The third kappa shape index (κ3) is 8.88. The molecule has 7 nitrogen and oxygen atoms in total. The smallest absolute Gasteiger partial charge is 0.264 e. The summed E-state index contributed by atoms with van der Waals surface area (Å²) in [5, 5.41) is 3.27. The van der Waals surface area contributed by atoms with E-state index in [1.807, 2.05) is 86.8 Å². The molecule has 0 heterocycles. The number of rotatable bonds is 13. The van der Waals surface area contributed by atoms with E-state index in [1.165, 1.54) is 16.1 Å². The Kier molecular flexibility index (Phi) is 12.0. The van der Waals surface area contributed by atoms with Crippen molar-refractivity contribution < 1.29 is 18.0 Å². The molecule has 252 valence electrons. The molecule has 4 aromatic rings. The second kappa shape index (κ2) is 16.3. The highest BCUT2D eigenvalue weighted by Crippen LogP contribution is 2.27. The zero-order valence-electron chi connectivity index (χ0n) is 28.0. The molecular weight excluding hydrogens is 639 g/mol. The normalized spacial score (nSPS) is 14.2. The van der Waals surface area contributed by atoms with E-state index in [1.54, 1.807) is 41.3 Å². The Morgan fingerprint density at radius 3 is 2.12 bits per heavy atom. The number of benzene rings is 4. The molecule has 9 heteroatoms. The van der Waals surface area contributed by atoms with Crippen molar-refractivity contribution in [3.63, 3.8) is 0 Å². The second-order valence-electron chi connectivity index (χ2n) is 12.5. The third-order valence-corrected chi connectivity index (χ3v) is 11.6. The van der Waals surface area contributed by atoms with Gasteiger partial charge in [-0.2, -0.15) is 0 Å². The van der Waals surface area contributed by atoms with Crippen LogP contribution in [0.4, 0.5) is 5.69 Å². The van der Waals surface area contributed by atoms with Crippen molar-refractivity contribution in [3.05, 3.63) is 125 Å². The molecule has 48 heavy (non-hydrogen) atoms. The summed E-state index contributed by atoms with van der Waals surface area (Å²) in [6, 6.07) is 30.5. The molecule has 1 saturated carbocycles. The molecule has 0 bridgehead atoms. The number of sulfonamides is 1. The van der Waals surface area contributed by atoms with Crippen LogP contribution in [0.25, 0.3) is 0 Å². The van der Waals surface area contributed by atoms with Gasteiger partial charge in [0.15, 0.2) is 0 Å². The fourth-order valence-corrected chi connectivity index (χ4v) is 8.01. The van der Waals surface area contributed by atoms with Gasteiger partial charge in [0.25, 0.3) is 10.0 Å². The van der Waals surface area contributed by atoms with Gasteiger partial charge >= 0.3 is 0 Å². The summed E-state index contributed by atoms with van der Waals surface area (Å²) in [4.78, 5) is 31.6. The first-order valence-corrected chi connectivity index (χ1v) is 19.2. The predicted octanol–water partition coefficient (Wildman–Crippen LogP) is 7.31. The van der Waals surface area contributed by atoms with Crippen LogP contribution in [0.3, 0.4) is 0 Å². The van der Waals surface area contributed by atoms with Gasteiger partial charge in [-0.05, 0) is 86.0 Å². The number of nitrogens with zero attached hydrogens (tertiary/aromatic N) is 2. The number of amides is 2. The van der Waals surface area contributed by atoms with E-state index in [0.717, 1.165) is 59.3 Å². The first-order valence-electron chi connectivity index (χ1n) is 16.6. The van der Waals surface area contributed by atoms with Crippen LogP contribution < -0.4 is 9.62 Å². The minimum atomic E-state index is -4.15. The van der Waals surface area contributed by atoms with E-state index in [-0.39, 0.29) is 23.4 Å². The SMILES string of the molecule is CSc1ccc(S(=O)(=O)N(CC(=O)N(Cc2ccccc2C)[C@@H](Cc2ccccc2)C(=O)NC2CCCCC2)c2ccc(C)cc2)cc1.